The molecular weight excluding hydrogens is 564 g/mol. The fourth-order valence-electron chi connectivity index (χ4n) is 6.70. The third kappa shape index (κ3) is 5.94. The Morgan fingerprint density at radius 2 is 2.02 bits per heavy atom. The molecule has 4 heterocycles. The molecule has 0 saturated carbocycles. The summed E-state index contributed by atoms with van der Waals surface area (Å²) in [6.45, 7) is 6.46. The van der Waals surface area contributed by atoms with Crippen LogP contribution in [-0.2, 0) is 11.8 Å². The molecule has 1 unspecified atom stereocenters. The van der Waals surface area contributed by atoms with Gasteiger partial charge in [0.2, 0.25) is 0 Å². The van der Waals surface area contributed by atoms with Crippen LogP contribution in [0.1, 0.15) is 38.2 Å². The Bertz CT molecular complexity index is 1910. The summed E-state index contributed by atoms with van der Waals surface area (Å²) in [5.74, 6) is 4.19. The maximum atomic E-state index is 12.2. The molecule has 2 aliphatic rings. The molecule has 0 amide bonds. The van der Waals surface area contributed by atoms with Gasteiger partial charge in [0, 0.05) is 55.7 Å². The molecule has 1 fully saturated rings. The van der Waals surface area contributed by atoms with E-state index in [1.807, 2.05) is 67.9 Å². The Hall–Kier alpha value is -4.92. The van der Waals surface area contributed by atoms with Crippen LogP contribution in [-0.4, -0.2) is 45.0 Å². The molecule has 45 heavy (non-hydrogen) atoms. The van der Waals surface area contributed by atoms with Gasteiger partial charge in [0.1, 0.15) is 29.4 Å². The molecule has 3 aromatic carbocycles. The van der Waals surface area contributed by atoms with Crippen LogP contribution in [0.2, 0.25) is 0 Å². The third-order valence-corrected chi connectivity index (χ3v) is 9.11. The molecule has 0 aliphatic carbocycles. The van der Waals surface area contributed by atoms with Crippen LogP contribution in [0.25, 0.3) is 21.9 Å². The van der Waals surface area contributed by atoms with Crippen molar-refractivity contribution in [2.45, 2.75) is 39.5 Å². The van der Waals surface area contributed by atoms with Gasteiger partial charge in [-0.3, -0.25) is 4.79 Å². The van der Waals surface area contributed by atoms with Crippen molar-refractivity contribution in [1.82, 2.24) is 19.5 Å². The van der Waals surface area contributed by atoms with Gasteiger partial charge in [-0.15, -0.1) is 0 Å². The van der Waals surface area contributed by atoms with Crippen LogP contribution in [0.5, 0.6) is 17.2 Å². The Balaban J connectivity index is 1.11. The Morgan fingerprint density at radius 3 is 2.89 bits per heavy atom. The zero-order valence-electron chi connectivity index (χ0n) is 26.0. The monoisotopic (exact) mass is 602 g/mol. The lowest BCUT2D eigenvalue weighted by Crippen LogP contribution is -2.31. The first-order chi connectivity index (χ1) is 21.9. The van der Waals surface area contributed by atoms with E-state index in [0.29, 0.717) is 24.9 Å². The highest BCUT2D eigenvalue weighted by molar-refractivity contribution is 5.95. The summed E-state index contributed by atoms with van der Waals surface area (Å²) in [5.41, 5.74) is 5.79. The molecule has 1 saturated heterocycles. The molecule has 9 nitrogen and oxygen atoms in total. The second-order valence-corrected chi connectivity index (χ2v) is 12.2. The number of aromatic nitrogens is 4. The molecule has 2 aliphatic heterocycles. The number of hydrogen-bond donors (Lipinski definition) is 1. The molecule has 230 valence electrons. The Morgan fingerprint density at radius 1 is 1.11 bits per heavy atom. The lowest BCUT2D eigenvalue weighted by molar-refractivity contribution is -0.115. The van der Waals surface area contributed by atoms with Crippen LogP contribution in [0, 0.1) is 18.8 Å². The average Bonchev–Trinajstić information content (AvgIpc) is 3.18. The zero-order chi connectivity index (χ0) is 30.9. The van der Waals surface area contributed by atoms with Gasteiger partial charge in [-0.2, -0.15) is 0 Å². The lowest BCUT2D eigenvalue weighted by Gasteiger charge is -2.26. The van der Waals surface area contributed by atoms with E-state index in [1.54, 1.807) is 18.7 Å². The van der Waals surface area contributed by atoms with Crippen molar-refractivity contribution in [1.29, 1.82) is 0 Å². The number of fused-ring (bicyclic) bond motifs is 6. The number of hydrogen-bond acceptors (Lipinski definition) is 8. The highest BCUT2D eigenvalue weighted by atomic mass is 16.5. The average molecular weight is 603 g/mol. The van der Waals surface area contributed by atoms with Crippen molar-refractivity contribution in [3.63, 3.8) is 0 Å². The number of benzene rings is 3. The van der Waals surface area contributed by atoms with Crippen LogP contribution >= 0.6 is 0 Å². The summed E-state index contributed by atoms with van der Waals surface area (Å²) in [5, 5.41) is 4.47. The standard InChI is InChI=1S/C36H38N6O3/c1-4-6-27(43)10-8-24-7-5-14-42-19-25(24)20-44-35-18-30-29(17-33(35)42)36(38-21-37-30)40-26-9-13-34(23(2)15-26)45-28-11-12-32-31(16-28)39-22-41(32)3/h4,6,9,11-13,15-18,21-22,24-25H,5,7-8,10,14,19-20H2,1-3H3,(H,37,38,40)/b6-4+/t24?,25-/m0/s1. The van der Waals surface area contributed by atoms with Crippen LogP contribution < -0.4 is 19.7 Å². The second-order valence-electron chi connectivity index (χ2n) is 12.2. The van der Waals surface area contributed by atoms with Gasteiger partial charge in [-0.05, 0) is 87.1 Å². The number of nitrogens with zero attached hydrogens (tertiary/aromatic N) is 5. The molecule has 2 atom stereocenters. The first kappa shape index (κ1) is 28.8. The number of rotatable bonds is 8. The largest absolute Gasteiger partial charge is 0.491 e. The molecule has 2 aromatic heterocycles. The number of nitrogens with one attached hydrogen (secondary N) is 1. The fourth-order valence-corrected chi connectivity index (χ4v) is 6.70. The Labute approximate surface area is 262 Å². The normalized spacial score (nSPS) is 18.0. The number of imidazole rings is 1. The fraction of sp³-hybridized carbons (Fsp3) is 0.333. The van der Waals surface area contributed by atoms with E-state index in [4.69, 9.17) is 9.47 Å². The minimum Gasteiger partial charge on any atom is -0.491 e. The smallest absolute Gasteiger partial charge is 0.155 e. The SMILES string of the molecule is C/C=C/C(=O)CCC1CCCN2C[C@H]1COc1cc3ncnc(Nc4ccc(Oc5ccc6c(c5)ncn6C)c(C)c4)c3cc12. The van der Waals surface area contributed by atoms with Gasteiger partial charge in [0.05, 0.1) is 35.2 Å². The van der Waals surface area contributed by atoms with Gasteiger partial charge >= 0.3 is 0 Å². The van der Waals surface area contributed by atoms with E-state index in [9.17, 15) is 4.79 Å². The van der Waals surface area contributed by atoms with Gasteiger partial charge < -0.3 is 24.3 Å². The van der Waals surface area contributed by atoms with E-state index in [0.717, 1.165) is 94.3 Å². The van der Waals surface area contributed by atoms with Gasteiger partial charge in [0.25, 0.3) is 0 Å². The summed E-state index contributed by atoms with van der Waals surface area (Å²) in [6.07, 6.45) is 10.6. The predicted molar refractivity (Wildman–Crippen MR) is 178 cm³/mol. The first-order valence-corrected chi connectivity index (χ1v) is 15.7. The van der Waals surface area contributed by atoms with Crippen LogP contribution in [0.3, 0.4) is 0 Å². The zero-order valence-corrected chi connectivity index (χ0v) is 26.0. The number of allylic oxidation sites excluding steroid dienone is 2. The minimum atomic E-state index is 0.209. The highest BCUT2D eigenvalue weighted by Gasteiger charge is 2.32. The summed E-state index contributed by atoms with van der Waals surface area (Å²) < 4.78 is 14.6. The van der Waals surface area contributed by atoms with Crippen molar-refractivity contribution >= 4 is 44.9 Å². The van der Waals surface area contributed by atoms with Crippen molar-refractivity contribution < 1.29 is 14.3 Å². The molecule has 0 spiro atoms. The van der Waals surface area contributed by atoms with Crippen molar-refractivity contribution in [2.24, 2.45) is 18.9 Å². The molecule has 0 radical (unpaired) electrons. The van der Waals surface area contributed by atoms with Gasteiger partial charge in [-0.25, -0.2) is 15.0 Å². The van der Waals surface area contributed by atoms with E-state index in [1.165, 1.54) is 0 Å². The molecular formula is C36H38N6O3. The van der Waals surface area contributed by atoms with E-state index < -0.39 is 0 Å². The number of aryl methyl sites for hydroxylation is 2. The minimum absolute atomic E-state index is 0.209. The van der Waals surface area contributed by atoms with E-state index in [-0.39, 0.29) is 5.78 Å². The van der Waals surface area contributed by atoms with E-state index in [2.05, 4.69) is 37.3 Å². The highest BCUT2D eigenvalue weighted by Crippen LogP contribution is 2.41. The number of anilines is 3. The quantitative estimate of drug-likeness (QED) is 0.182. The maximum absolute atomic E-state index is 12.2. The first-order valence-electron chi connectivity index (χ1n) is 15.7. The topological polar surface area (TPSA) is 94.4 Å². The Kier molecular flexibility index (Phi) is 7.83. The number of ketones is 1. The lowest BCUT2D eigenvalue weighted by atomic mass is 9.85. The maximum Gasteiger partial charge on any atom is 0.155 e. The van der Waals surface area contributed by atoms with Crippen LogP contribution in [0.4, 0.5) is 17.2 Å². The summed E-state index contributed by atoms with van der Waals surface area (Å²) in [6, 6.07) is 16.2. The second kappa shape index (κ2) is 12.2. The number of carbonyl (C=O) groups excluding carboxylic acids is 1. The van der Waals surface area contributed by atoms with E-state index >= 15 is 0 Å². The molecule has 5 aromatic rings. The van der Waals surface area contributed by atoms with Crippen LogP contribution in [0.15, 0.2) is 73.3 Å². The van der Waals surface area contributed by atoms with Crippen molar-refractivity contribution in [3.05, 3.63) is 78.9 Å². The number of carbonyl (C=O) groups is 1. The molecule has 9 heteroatoms. The third-order valence-electron chi connectivity index (χ3n) is 9.11. The van der Waals surface area contributed by atoms with Crippen molar-refractivity contribution in [3.8, 4) is 17.2 Å². The molecule has 2 bridgehead atoms. The van der Waals surface area contributed by atoms with Gasteiger partial charge in [0.15, 0.2) is 5.78 Å². The summed E-state index contributed by atoms with van der Waals surface area (Å²) in [4.78, 5) is 28.3. The summed E-state index contributed by atoms with van der Waals surface area (Å²) in [7, 11) is 1.98. The van der Waals surface area contributed by atoms with Gasteiger partial charge in [-0.1, -0.05) is 6.08 Å². The summed E-state index contributed by atoms with van der Waals surface area (Å²) >= 11 is 0. The number of ether oxygens (including phenoxy) is 2. The molecule has 1 N–H and O–H groups in total. The van der Waals surface area contributed by atoms with Crippen molar-refractivity contribution in [2.75, 3.05) is 29.9 Å². The predicted octanol–water partition coefficient (Wildman–Crippen LogP) is 7.51. The molecule has 7 rings (SSSR count).